The Morgan fingerprint density at radius 3 is 2.69 bits per heavy atom. The van der Waals surface area contributed by atoms with Crippen molar-refractivity contribution in [2.75, 3.05) is 7.11 Å². The molecular weight excluding hydrogens is 326 g/mol. The number of fused-ring (bicyclic) bond motifs is 7. The van der Waals surface area contributed by atoms with Crippen molar-refractivity contribution in [1.82, 2.24) is 15.1 Å². The van der Waals surface area contributed by atoms with Crippen LogP contribution in [0.15, 0.2) is 54.7 Å². The van der Waals surface area contributed by atoms with E-state index in [1.165, 1.54) is 16.7 Å². The third kappa shape index (κ3) is 1.90. The zero-order valence-corrected chi connectivity index (χ0v) is 14.8. The number of hydrogen-bond donors (Lipinski definition) is 2. The van der Waals surface area contributed by atoms with Crippen LogP contribution in [-0.4, -0.2) is 27.3 Å². The van der Waals surface area contributed by atoms with E-state index in [0.29, 0.717) is 0 Å². The predicted octanol–water partition coefficient (Wildman–Crippen LogP) is 3.29. The third-order valence-corrected chi connectivity index (χ3v) is 6.02. The van der Waals surface area contributed by atoms with Gasteiger partial charge in [0.15, 0.2) is 0 Å². The van der Waals surface area contributed by atoms with Crippen molar-refractivity contribution in [3.05, 3.63) is 82.7 Å². The molecule has 132 valence electrons. The van der Waals surface area contributed by atoms with Gasteiger partial charge in [-0.05, 0) is 35.7 Å². The number of hydrogen-bond acceptors (Lipinski definition) is 4. The molecule has 0 fully saturated rings. The van der Waals surface area contributed by atoms with E-state index < -0.39 is 11.6 Å². The number of methoxy groups -OCH3 is 1. The molecule has 2 aliphatic heterocycles. The topological polar surface area (TPSA) is 61.4 Å². The molecule has 2 N–H and O–H groups in total. The van der Waals surface area contributed by atoms with Gasteiger partial charge in [-0.1, -0.05) is 36.4 Å². The Bertz CT molecular complexity index is 965. The number of H-pyrrole nitrogens is 1. The summed E-state index contributed by atoms with van der Waals surface area (Å²) in [7, 11) is 1.67. The number of nitrogens with zero attached hydrogens (tertiary/aromatic N) is 2. The number of rotatable bonds is 3. The molecule has 3 unspecified atom stereocenters. The summed E-state index contributed by atoms with van der Waals surface area (Å²) in [5.41, 5.74) is 5.03. The molecule has 0 saturated carbocycles. The van der Waals surface area contributed by atoms with E-state index in [-0.39, 0.29) is 6.04 Å². The summed E-state index contributed by atoms with van der Waals surface area (Å²) in [6.45, 7) is 2.87. The van der Waals surface area contributed by atoms with Crippen molar-refractivity contribution >= 4 is 0 Å². The largest absolute Gasteiger partial charge is 0.497 e. The average Bonchev–Trinajstić information content (AvgIpc) is 3.23. The van der Waals surface area contributed by atoms with Crippen LogP contribution in [0.5, 0.6) is 5.75 Å². The van der Waals surface area contributed by atoms with E-state index in [1.54, 1.807) is 7.11 Å². The van der Waals surface area contributed by atoms with Crippen molar-refractivity contribution in [3.8, 4) is 5.75 Å². The lowest BCUT2D eigenvalue weighted by Gasteiger charge is -2.45. The molecule has 0 spiro atoms. The van der Waals surface area contributed by atoms with E-state index >= 15 is 0 Å². The molecule has 1 aromatic heterocycles. The maximum Gasteiger partial charge on any atom is 0.118 e. The number of aromatic nitrogens is 2. The predicted molar refractivity (Wildman–Crippen MR) is 97.7 cm³/mol. The van der Waals surface area contributed by atoms with Crippen LogP contribution in [-0.2, 0) is 12.1 Å². The fourth-order valence-electron chi connectivity index (χ4n) is 4.63. The minimum atomic E-state index is -0.654. The molecule has 3 heterocycles. The van der Waals surface area contributed by atoms with Crippen LogP contribution in [0.2, 0.25) is 0 Å². The minimum absolute atomic E-state index is 0.0930. The van der Waals surface area contributed by atoms with Crippen LogP contribution in [0.1, 0.15) is 47.0 Å². The van der Waals surface area contributed by atoms with Crippen molar-refractivity contribution in [3.63, 3.8) is 0 Å². The Balaban J connectivity index is 1.64. The minimum Gasteiger partial charge on any atom is -0.497 e. The number of aromatic amines is 1. The van der Waals surface area contributed by atoms with Crippen LogP contribution >= 0.6 is 0 Å². The van der Waals surface area contributed by atoms with Gasteiger partial charge in [0.1, 0.15) is 11.9 Å². The number of benzene rings is 2. The highest BCUT2D eigenvalue weighted by Crippen LogP contribution is 2.59. The first-order valence-corrected chi connectivity index (χ1v) is 8.85. The summed E-state index contributed by atoms with van der Waals surface area (Å²) < 4.78 is 5.27. The van der Waals surface area contributed by atoms with Gasteiger partial charge in [0.05, 0.1) is 30.6 Å². The van der Waals surface area contributed by atoms with Gasteiger partial charge < -0.3 is 9.84 Å². The quantitative estimate of drug-likeness (QED) is 0.763. The first kappa shape index (κ1) is 15.6. The smallest absolute Gasteiger partial charge is 0.118 e. The van der Waals surface area contributed by atoms with Gasteiger partial charge in [0.25, 0.3) is 0 Å². The summed E-state index contributed by atoms with van der Waals surface area (Å²) in [4.78, 5) is 2.39. The lowest BCUT2D eigenvalue weighted by atomic mass is 9.83. The standard InChI is InChI=1S/C21H21N3O2/c1-21-17-6-4-3-5-15(17)19(16-11-22-23-18(16)20(21)25)24(21)12-13-7-9-14(26-2)10-8-13/h3-11,19-20,25H,12H2,1-2H3,(H,22,23). The SMILES string of the molecule is COc1ccc(CN2C3c4ccccc4C2(C)C(O)c2[nH]ncc23)cc1. The van der Waals surface area contributed by atoms with Crippen LogP contribution in [0.25, 0.3) is 0 Å². The van der Waals surface area contributed by atoms with Crippen LogP contribution < -0.4 is 4.74 Å². The Labute approximate surface area is 152 Å². The number of nitrogens with one attached hydrogen (secondary N) is 1. The molecule has 26 heavy (non-hydrogen) atoms. The molecule has 0 radical (unpaired) electrons. The summed E-state index contributed by atoms with van der Waals surface area (Å²) in [5, 5.41) is 18.5. The number of aliphatic hydroxyl groups is 1. The molecule has 2 aliphatic rings. The Hall–Kier alpha value is -2.63. The molecular formula is C21H21N3O2. The summed E-state index contributed by atoms with van der Waals surface area (Å²) >= 11 is 0. The maximum absolute atomic E-state index is 11.2. The maximum atomic E-state index is 11.2. The average molecular weight is 347 g/mol. The fourth-order valence-corrected chi connectivity index (χ4v) is 4.63. The first-order chi connectivity index (χ1) is 12.6. The number of aliphatic hydroxyl groups excluding tert-OH is 1. The van der Waals surface area contributed by atoms with Gasteiger partial charge in [0.2, 0.25) is 0 Å². The Morgan fingerprint density at radius 2 is 1.92 bits per heavy atom. The number of ether oxygens (including phenoxy) is 1. The van der Waals surface area contributed by atoms with Gasteiger partial charge in [0, 0.05) is 12.1 Å². The lowest BCUT2D eigenvalue weighted by Crippen LogP contribution is -2.48. The zero-order valence-electron chi connectivity index (χ0n) is 14.8. The summed E-state index contributed by atoms with van der Waals surface area (Å²) in [6.07, 6.45) is 1.20. The van der Waals surface area contributed by atoms with Gasteiger partial charge >= 0.3 is 0 Å². The fraction of sp³-hybridized carbons (Fsp3) is 0.286. The van der Waals surface area contributed by atoms with Crippen LogP contribution in [0.4, 0.5) is 0 Å². The van der Waals surface area contributed by atoms with E-state index in [9.17, 15) is 5.11 Å². The second kappa shape index (κ2) is 5.43. The molecule has 0 amide bonds. The van der Waals surface area contributed by atoms with Crippen molar-refractivity contribution in [2.24, 2.45) is 0 Å². The molecule has 2 bridgehead atoms. The summed E-state index contributed by atoms with van der Waals surface area (Å²) in [6, 6.07) is 16.7. The molecule has 0 saturated heterocycles. The van der Waals surface area contributed by atoms with Crippen molar-refractivity contribution < 1.29 is 9.84 Å². The van der Waals surface area contributed by atoms with E-state index in [1.807, 2.05) is 18.3 Å². The van der Waals surface area contributed by atoms with Crippen LogP contribution in [0, 0.1) is 0 Å². The van der Waals surface area contributed by atoms with Crippen molar-refractivity contribution in [1.29, 1.82) is 0 Å². The van der Waals surface area contributed by atoms with Crippen molar-refractivity contribution in [2.45, 2.75) is 31.2 Å². The highest BCUT2D eigenvalue weighted by molar-refractivity contribution is 5.52. The van der Waals surface area contributed by atoms with Gasteiger partial charge in [-0.2, -0.15) is 5.10 Å². The summed E-state index contributed by atoms with van der Waals surface area (Å²) in [5.74, 6) is 0.849. The van der Waals surface area contributed by atoms with Gasteiger partial charge in [-0.15, -0.1) is 0 Å². The lowest BCUT2D eigenvalue weighted by molar-refractivity contribution is -0.0496. The van der Waals surface area contributed by atoms with Crippen LogP contribution in [0.3, 0.4) is 0 Å². The third-order valence-electron chi connectivity index (χ3n) is 6.02. The molecule has 3 atom stereocenters. The zero-order chi connectivity index (χ0) is 17.9. The van der Waals surface area contributed by atoms with Gasteiger partial charge in [-0.25, -0.2) is 0 Å². The van der Waals surface area contributed by atoms with Gasteiger partial charge in [-0.3, -0.25) is 10.00 Å². The molecule has 2 aromatic carbocycles. The Kier molecular flexibility index (Phi) is 3.26. The molecule has 5 rings (SSSR count). The second-order valence-electron chi connectivity index (χ2n) is 7.25. The second-order valence-corrected chi connectivity index (χ2v) is 7.25. The van der Waals surface area contributed by atoms with E-state index in [4.69, 9.17) is 4.74 Å². The molecule has 5 heteroatoms. The van der Waals surface area contributed by atoms with E-state index in [0.717, 1.165) is 23.6 Å². The monoisotopic (exact) mass is 347 g/mol. The molecule has 0 aliphatic carbocycles. The van der Waals surface area contributed by atoms with E-state index in [2.05, 4.69) is 58.4 Å². The molecule has 3 aromatic rings. The molecule has 5 nitrogen and oxygen atoms in total. The first-order valence-electron chi connectivity index (χ1n) is 8.85. The highest BCUT2D eigenvalue weighted by atomic mass is 16.5. The highest BCUT2D eigenvalue weighted by Gasteiger charge is 2.57. The Morgan fingerprint density at radius 1 is 1.15 bits per heavy atom. The normalized spacial score (nSPS) is 26.4.